The van der Waals surface area contributed by atoms with Gasteiger partial charge in [-0.2, -0.15) is 0 Å². The zero-order valence-electron chi connectivity index (χ0n) is 17.2. The Morgan fingerprint density at radius 1 is 1.12 bits per heavy atom. The van der Waals surface area contributed by atoms with E-state index in [-0.39, 0.29) is 12.7 Å². The standard InChI is InChI=1S/C25H19ClN2O3S/c1-16-19(26)9-11-22-24(16)27-25(32-22)28(14-18-5-3-2-4-6-18)23(29)12-8-17-7-10-20-21(13-17)31-15-30-20/h2-13H,14-15H2,1H3/b12-8+. The molecule has 1 aliphatic rings. The summed E-state index contributed by atoms with van der Waals surface area (Å²) in [5.41, 5.74) is 3.61. The van der Waals surface area contributed by atoms with Gasteiger partial charge in [-0.25, -0.2) is 4.98 Å². The highest BCUT2D eigenvalue weighted by Crippen LogP contribution is 2.35. The zero-order valence-corrected chi connectivity index (χ0v) is 18.8. The number of benzene rings is 3. The summed E-state index contributed by atoms with van der Waals surface area (Å²) in [5, 5.41) is 1.30. The van der Waals surface area contributed by atoms with Gasteiger partial charge in [0.15, 0.2) is 16.6 Å². The molecule has 0 spiro atoms. The number of carbonyl (C=O) groups is 1. The minimum Gasteiger partial charge on any atom is -0.454 e. The fraction of sp³-hybridized carbons (Fsp3) is 0.120. The highest BCUT2D eigenvalue weighted by atomic mass is 35.5. The minimum atomic E-state index is -0.158. The molecule has 0 bridgehead atoms. The Hall–Kier alpha value is -3.35. The van der Waals surface area contributed by atoms with Crippen LogP contribution in [0.4, 0.5) is 5.13 Å². The van der Waals surface area contributed by atoms with Gasteiger partial charge in [-0.05, 0) is 54.0 Å². The lowest BCUT2D eigenvalue weighted by atomic mass is 10.2. The lowest BCUT2D eigenvalue weighted by Crippen LogP contribution is -2.28. The molecule has 5 rings (SSSR count). The molecular formula is C25H19ClN2O3S. The molecule has 0 fully saturated rings. The number of fused-ring (bicyclic) bond motifs is 2. The van der Waals surface area contributed by atoms with Crippen LogP contribution in [0.5, 0.6) is 11.5 Å². The van der Waals surface area contributed by atoms with Crippen LogP contribution < -0.4 is 14.4 Å². The van der Waals surface area contributed by atoms with Crippen LogP contribution in [-0.2, 0) is 11.3 Å². The van der Waals surface area contributed by atoms with Crippen LogP contribution in [0.3, 0.4) is 0 Å². The molecule has 7 heteroatoms. The van der Waals surface area contributed by atoms with Gasteiger partial charge in [0.2, 0.25) is 6.79 Å². The topological polar surface area (TPSA) is 51.7 Å². The second kappa shape index (κ2) is 8.65. The van der Waals surface area contributed by atoms with Crippen LogP contribution in [-0.4, -0.2) is 17.7 Å². The fourth-order valence-corrected chi connectivity index (χ4v) is 4.67. The number of rotatable bonds is 5. The van der Waals surface area contributed by atoms with Crippen LogP contribution in [0.25, 0.3) is 16.3 Å². The summed E-state index contributed by atoms with van der Waals surface area (Å²) in [4.78, 5) is 19.8. The number of nitrogens with zero attached hydrogens (tertiary/aromatic N) is 2. The van der Waals surface area contributed by atoms with Gasteiger partial charge in [0.05, 0.1) is 16.8 Å². The van der Waals surface area contributed by atoms with E-state index in [4.69, 9.17) is 26.1 Å². The Morgan fingerprint density at radius 3 is 2.78 bits per heavy atom. The number of hydrogen-bond donors (Lipinski definition) is 0. The van der Waals surface area contributed by atoms with Crippen molar-refractivity contribution in [3.8, 4) is 11.5 Å². The van der Waals surface area contributed by atoms with Gasteiger partial charge in [-0.15, -0.1) is 0 Å². The second-order valence-electron chi connectivity index (χ2n) is 7.37. The number of hydrogen-bond acceptors (Lipinski definition) is 5. The van der Waals surface area contributed by atoms with E-state index in [0.717, 1.165) is 26.9 Å². The molecule has 0 unspecified atom stereocenters. The lowest BCUT2D eigenvalue weighted by molar-refractivity contribution is -0.114. The number of thiazole rings is 1. The van der Waals surface area contributed by atoms with E-state index in [9.17, 15) is 4.79 Å². The molecule has 3 aromatic carbocycles. The number of ether oxygens (including phenoxy) is 2. The number of halogens is 1. The maximum Gasteiger partial charge on any atom is 0.253 e. The molecule has 0 atom stereocenters. The van der Waals surface area contributed by atoms with E-state index < -0.39 is 0 Å². The summed E-state index contributed by atoms with van der Waals surface area (Å²) in [7, 11) is 0. The number of amides is 1. The SMILES string of the molecule is Cc1c(Cl)ccc2sc(N(Cc3ccccc3)C(=O)/C=C/c3ccc4c(c3)OCO4)nc12. The van der Waals surface area contributed by atoms with Crippen molar-refractivity contribution in [3.63, 3.8) is 0 Å². The van der Waals surface area contributed by atoms with Crippen molar-refractivity contribution in [1.29, 1.82) is 0 Å². The molecule has 1 aromatic heterocycles. The van der Waals surface area contributed by atoms with Gasteiger partial charge < -0.3 is 9.47 Å². The molecule has 0 N–H and O–H groups in total. The smallest absolute Gasteiger partial charge is 0.253 e. The van der Waals surface area contributed by atoms with Crippen molar-refractivity contribution in [1.82, 2.24) is 4.98 Å². The molecule has 1 amide bonds. The molecule has 1 aliphatic heterocycles. The van der Waals surface area contributed by atoms with Crippen molar-refractivity contribution in [2.24, 2.45) is 0 Å². The van der Waals surface area contributed by atoms with Gasteiger partial charge in [-0.3, -0.25) is 9.69 Å². The third-order valence-corrected chi connectivity index (χ3v) is 6.69. The number of aryl methyl sites for hydroxylation is 1. The Bertz CT molecular complexity index is 1330. The molecule has 0 saturated heterocycles. The first-order valence-corrected chi connectivity index (χ1v) is 11.3. The number of anilines is 1. The predicted molar refractivity (Wildman–Crippen MR) is 129 cm³/mol. The van der Waals surface area contributed by atoms with Crippen LogP contribution in [0.15, 0.2) is 66.7 Å². The molecule has 0 saturated carbocycles. The maximum absolute atomic E-state index is 13.3. The van der Waals surface area contributed by atoms with Crippen LogP contribution in [0, 0.1) is 6.92 Å². The fourth-order valence-electron chi connectivity index (χ4n) is 3.48. The van der Waals surface area contributed by atoms with Gasteiger partial charge >= 0.3 is 0 Å². The van der Waals surface area contributed by atoms with Gasteiger partial charge in [0.25, 0.3) is 5.91 Å². The summed E-state index contributed by atoms with van der Waals surface area (Å²) in [6.45, 7) is 2.57. The number of aromatic nitrogens is 1. The maximum atomic E-state index is 13.3. The summed E-state index contributed by atoms with van der Waals surface area (Å²) in [5.74, 6) is 1.23. The summed E-state index contributed by atoms with van der Waals surface area (Å²) in [6.07, 6.45) is 3.34. The molecule has 0 aliphatic carbocycles. The average Bonchev–Trinajstić information content (AvgIpc) is 3.46. The third kappa shape index (κ3) is 4.07. The molecule has 2 heterocycles. The summed E-state index contributed by atoms with van der Waals surface area (Å²) < 4.78 is 11.8. The van der Waals surface area contributed by atoms with Crippen molar-refractivity contribution < 1.29 is 14.3 Å². The van der Waals surface area contributed by atoms with E-state index in [0.29, 0.717) is 28.2 Å². The number of carbonyl (C=O) groups excluding carboxylic acids is 1. The summed E-state index contributed by atoms with van der Waals surface area (Å²) in [6, 6.07) is 19.3. The first-order valence-electron chi connectivity index (χ1n) is 10.1. The van der Waals surface area contributed by atoms with E-state index in [1.807, 2.05) is 67.6 Å². The minimum absolute atomic E-state index is 0.158. The first kappa shape index (κ1) is 20.5. The van der Waals surface area contributed by atoms with E-state index in [1.54, 1.807) is 17.1 Å². The van der Waals surface area contributed by atoms with Gasteiger partial charge in [-0.1, -0.05) is 59.3 Å². The van der Waals surface area contributed by atoms with Gasteiger partial charge in [0, 0.05) is 11.1 Å². The van der Waals surface area contributed by atoms with Crippen LogP contribution in [0.1, 0.15) is 16.7 Å². The average molecular weight is 463 g/mol. The normalized spacial score (nSPS) is 12.6. The third-order valence-electron chi connectivity index (χ3n) is 5.23. The Kier molecular flexibility index (Phi) is 5.55. The molecule has 5 nitrogen and oxygen atoms in total. The van der Waals surface area contributed by atoms with E-state index >= 15 is 0 Å². The molecule has 4 aromatic rings. The second-order valence-corrected chi connectivity index (χ2v) is 8.79. The van der Waals surface area contributed by atoms with Crippen LogP contribution >= 0.6 is 22.9 Å². The summed E-state index contributed by atoms with van der Waals surface area (Å²) >= 11 is 7.76. The van der Waals surface area contributed by atoms with Crippen molar-refractivity contribution in [2.75, 3.05) is 11.7 Å². The van der Waals surface area contributed by atoms with Crippen molar-refractivity contribution >= 4 is 50.3 Å². The highest BCUT2D eigenvalue weighted by molar-refractivity contribution is 7.22. The first-order chi connectivity index (χ1) is 15.6. The Labute approximate surface area is 194 Å². The molecule has 160 valence electrons. The molecular weight excluding hydrogens is 444 g/mol. The highest BCUT2D eigenvalue weighted by Gasteiger charge is 2.20. The Balaban J connectivity index is 1.48. The van der Waals surface area contributed by atoms with E-state index in [1.165, 1.54) is 11.3 Å². The van der Waals surface area contributed by atoms with Crippen LogP contribution in [0.2, 0.25) is 5.02 Å². The predicted octanol–water partition coefficient (Wildman–Crippen LogP) is 6.23. The zero-order chi connectivity index (χ0) is 22.1. The largest absolute Gasteiger partial charge is 0.454 e. The van der Waals surface area contributed by atoms with Gasteiger partial charge in [0.1, 0.15) is 0 Å². The molecule has 32 heavy (non-hydrogen) atoms. The van der Waals surface area contributed by atoms with E-state index in [2.05, 4.69) is 0 Å². The Morgan fingerprint density at radius 2 is 1.94 bits per heavy atom. The van der Waals surface area contributed by atoms with Crippen molar-refractivity contribution in [2.45, 2.75) is 13.5 Å². The molecule has 0 radical (unpaired) electrons. The monoisotopic (exact) mass is 462 g/mol. The quantitative estimate of drug-likeness (QED) is 0.330. The lowest BCUT2D eigenvalue weighted by Gasteiger charge is -2.18. The van der Waals surface area contributed by atoms with Crippen molar-refractivity contribution in [3.05, 3.63) is 88.5 Å².